The van der Waals surface area contributed by atoms with Gasteiger partial charge in [0.25, 0.3) is 5.91 Å². The SMILES string of the molecule is CC1COC(C(=O)N2CCC(C)N(C(=O)Cc3cccs3)CC2)C1. The van der Waals surface area contributed by atoms with E-state index in [1.807, 2.05) is 27.3 Å². The van der Waals surface area contributed by atoms with Crippen LogP contribution in [0.5, 0.6) is 0 Å². The largest absolute Gasteiger partial charge is 0.368 e. The normalized spacial score (nSPS) is 28.0. The van der Waals surface area contributed by atoms with Gasteiger partial charge in [0.15, 0.2) is 0 Å². The number of carbonyl (C=O) groups is 2. The summed E-state index contributed by atoms with van der Waals surface area (Å²) in [6, 6.07) is 4.14. The van der Waals surface area contributed by atoms with E-state index >= 15 is 0 Å². The maximum atomic E-state index is 12.6. The molecule has 2 aliphatic heterocycles. The lowest BCUT2D eigenvalue weighted by molar-refractivity contribution is -0.141. The Kier molecular flexibility index (Phi) is 5.56. The molecular weight excluding hydrogens is 324 g/mol. The minimum absolute atomic E-state index is 0.0964. The first-order valence-corrected chi connectivity index (χ1v) is 9.65. The van der Waals surface area contributed by atoms with Crippen molar-refractivity contribution in [2.75, 3.05) is 26.2 Å². The molecule has 0 spiro atoms. The predicted molar refractivity (Wildman–Crippen MR) is 93.9 cm³/mol. The summed E-state index contributed by atoms with van der Waals surface area (Å²) >= 11 is 1.62. The van der Waals surface area contributed by atoms with Crippen molar-refractivity contribution < 1.29 is 14.3 Å². The quantitative estimate of drug-likeness (QED) is 0.839. The molecule has 2 saturated heterocycles. The van der Waals surface area contributed by atoms with E-state index in [4.69, 9.17) is 4.74 Å². The van der Waals surface area contributed by atoms with Gasteiger partial charge in [-0.15, -0.1) is 11.3 Å². The lowest BCUT2D eigenvalue weighted by Gasteiger charge is -2.26. The minimum Gasteiger partial charge on any atom is -0.368 e. The van der Waals surface area contributed by atoms with Gasteiger partial charge in [0.1, 0.15) is 6.10 Å². The van der Waals surface area contributed by atoms with Crippen molar-refractivity contribution in [2.24, 2.45) is 5.92 Å². The van der Waals surface area contributed by atoms with Crippen LogP contribution in [0, 0.1) is 5.92 Å². The first kappa shape index (κ1) is 17.4. The van der Waals surface area contributed by atoms with E-state index in [9.17, 15) is 9.59 Å². The Bertz CT molecular complexity index is 575. The predicted octanol–water partition coefficient (Wildman–Crippen LogP) is 2.17. The second-order valence-electron chi connectivity index (χ2n) is 6.97. The molecule has 0 radical (unpaired) electrons. The molecule has 3 rings (SSSR count). The Morgan fingerprint density at radius 2 is 2.12 bits per heavy atom. The molecule has 1 aromatic heterocycles. The fourth-order valence-electron chi connectivity index (χ4n) is 3.47. The highest BCUT2D eigenvalue weighted by Gasteiger charge is 2.34. The second kappa shape index (κ2) is 7.66. The molecule has 3 unspecified atom stereocenters. The highest BCUT2D eigenvalue weighted by atomic mass is 32.1. The lowest BCUT2D eigenvalue weighted by Crippen LogP contribution is -2.43. The van der Waals surface area contributed by atoms with Crippen molar-refractivity contribution >= 4 is 23.2 Å². The van der Waals surface area contributed by atoms with E-state index in [-0.39, 0.29) is 24.0 Å². The number of hydrogen-bond acceptors (Lipinski definition) is 4. The van der Waals surface area contributed by atoms with E-state index < -0.39 is 0 Å². The highest BCUT2D eigenvalue weighted by molar-refractivity contribution is 7.10. The van der Waals surface area contributed by atoms with Crippen molar-refractivity contribution in [3.05, 3.63) is 22.4 Å². The first-order valence-electron chi connectivity index (χ1n) is 8.77. The van der Waals surface area contributed by atoms with Gasteiger partial charge in [-0.05, 0) is 37.1 Å². The molecule has 2 amide bonds. The third-order valence-corrected chi connectivity index (χ3v) is 5.85. The maximum Gasteiger partial charge on any atom is 0.251 e. The van der Waals surface area contributed by atoms with Crippen molar-refractivity contribution in [3.63, 3.8) is 0 Å². The van der Waals surface area contributed by atoms with Crippen LogP contribution in [0.3, 0.4) is 0 Å². The van der Waals surface area contributed by atoms with Gasteiger partial charge < -0.3 is 14.5 Å². The molecule has 0 saturated carbocycles. The molecule has 2 aliphatic rings. The van der Waals surface area contributed by atoms with Crippen LogP contribution in [0.2, 0.25) is 0 Å². The summed E-state index contributed by atoms with van der Waals surface area (Å²) in [5.74, 6) is 0.706. The molecule has 0 N–H and O–H groups in total. The number of thiophene rings is 1. The average Bonchev–Trinajstić information content (AvgIpc) is 3.17. The first-order chi connectivity index (χ1) is 11.5. The number of rotatable bonds is 3. The number of carbonyl (C=O) groups excluding carboxylic acids is 2. The Hall–Kier alpha value is -1.40. The van der Waals surface area contributed by atoms with Gasteiger partial charge in [0.05, 0.1) is 13.0 Å². The van der Waals surface area contributed by atoms with E-state index in [1.54, 1.807) is 11.3 Å². The van der Waals surface area contributed by atoms with Crippen molar-refractivity contribution in [3.8, 4) is 0 Å². The van der Waals surface area contributed by atoms with Crippen molar-refractivity contribution in [1.82, 2.24) is 9.80 Å². The summed E-state index contributed by atoms with van der Waals surface area (Å²) in [5, 5.41) is 2.00. The molecular formula is C18H26N2O3S. The van der Waals surface area contributed by atoms with Crippen LogP contribution in [-0.4, -0.2) is 60.0 Å². The molecule has 1 aromatic rings. The van der Waals surface area contributed by atoms with E-state index in [2.05, 4.69) is 13.8 Å². The van der Waals surface area contributed by atoms with E-state index in [0.717, 1.165) is 17.7 Å². The number of ether oxygens (including phenoxy) is 1. The van der Waals surface area contributed by atoms with Gasteiger partial charge in [0, 0.05) is 30.6 Å². The summed E-state index contributed by atoms with van der Waals surface area (Å²) < 4.78 is 5.62. The van der Waals surface area contributed by atoms with Crippen LogP contribution in [-0.2, 0) is 20.7 Å². The van der Waals surface area contributed by atoms with Crippen LogP contribution < -0.4 is 0 Å². The number of hydrogen-bond donors (Lipinski definition) is 0. The third kappa shape index (κ3) is 3.98. The average molecular weight is 350 g/mol. The zero-order valence-electron chi connectivity index (χ0n) is 14.4. The standard InChI is InChI=1S/C18H26N2O3S/c1-13-10-16(23-12-13)18(22)19-6-5-14(2)20(8-7-19)17(21)11-15-4-3-9-24-15/h3-4,9,13-14,16H,5-8,10-12H2,1-2H3. The van der Waals surface area contributed by atoms with E-state index in [0.29, 0.717) is 38.6 Å². The molecule has 6 heteroatoms. The summed E-state index contributed by atoms with van der Waals surface area (Å²) in [5.41, 5.74) is 0. The van der Waals surface area contributed by atoms with Crippen LogP contribution in [0.25, 0.3) is 0 Å². The topological polar surface area (TPSA) is 49.9 Å². The molecule has 5 nitrogen and oxygen atoms in total. The molecule has 2 fully saturated rings. The molecule has 0 bridgehead atoms. The number of amides is 2. The van der Waals surface area contributed by atoms with Gasteiger partial charge >= 0.3 is 0 Å². The monoisotopic (exact) mass is 350 g/mol. The Morgan fingerprint density at radius 3 is 2.79 bits per heavy atom. The van der Waals surface area contributed by atoms with Crippen LogP contribution in [0.4, 0.5) is 0 Å². The van der Waals surface area contributed by atoms with Gasteiger partial charge in [-0.25, -0.2) is 0 Å². The van der Waals surface area contributed by atoms with Gasteiger partial charge in [-0.1, -0.05) is 13.0 Å². The molecule has 132 valence electrons. The number of nitrogens with zero attached hydrogens (tertiary/aromatic N) is 2. The molecule has 0 aliphatic carbocycles. The van der Waals surface area contributed by atoms with Crippen LogP contribution in [0.1, 0.15) is 31.6 Å². The van der Waals surface area contributed by atoms with Crippen molar-refractivity contribution in [1.29, 1.82) is 0 Å². The van der Waals surface area contributed by atoms with Crippen LogP contribution >= 0.6 is 11.3 Å². The summed E-state index contributed by atoms with van der Waals surface area (Å²) in [6.07, 6.45) is 1.80. The van der Waals surface area contributed by atoms with Gasteiger partial charge in [0.2, 0.25) is 5.91 Å². The molecule has 3 atom stereocenters. The van der Waals surface area contributed by atoms with E-state index in [1.165, 1.54) is 0 Å². The highest BCUT2D eigenvalue weighted by Crippen LogP contribution is 2.22. The molecule has 3 heterocycles. The third-order valence-electron chi connectivity index (χ3n) is 4.97. The smallest absolute Gasteiger partial charge is 0.251 e. The molecule has 0 aromatic carbocycles. The van der Waals surface area contributed by atoms with Gasteiger partial charge in [-0.3, -0.25) is 9.59 Å². The Balaban J connectivity index is 1.58. The summed E-state index contributed by atoms with van der Waals surface area (Å²) in [7, 11) is 0. The maximum absolute atomic E-state index is 12.6. The van der Waals surface area contributed by atoms with Crippen molar-refractivity contribution in [2.45, 2.75) is 45.3 Å². The molecule has 24 heavy (non-hydrogen) atoms. The van der Waals surface area contributed by atoms with Gasteiger partial charge in [-0.2, -0.15) is 0 Å². The zero-order chi connectivity index (χ0) is 17.1. The Morgan fingerprint density at radius 1 is 1.29 bits per heavy atom. The lowest BCUT2D eigenvalue weighted by atomic mass is 10.1. The second-order valence-corrected chi connectivity index (χ2v) is 8.00. The Labute approximate surface area is 147 Å². The van der Waals surface area contributed by atoms with Crippen LogP contribution in [0.15, 0.2) is 17.5 Å². The minimum atomic E-state index is -0.288. The zero-order valence-corrected chi connectivity index (χ0v) is 15.3. The fraction of sp³-hybridized carbons (Fsp3) is 0.667. The summed E-state index contributed by atoms with van der Waals surface area (Å²) in [4.78, 5) is 30.2. The summed E-state index contributed by atoms with van der Waals surface area (Å²) in [6.45, 7) is 6.78. The fourth-order valence-corrected chi connectivity index (χ4v) is 4.17.